The predicted octanol–water partition coefficient (Wildman–Crippen LogP) is 12.1. The minimum atomic E-state index is -0.909. The van der Waals surface area contributed by atoms with Crippen molar-refractivity contribution in [1.82, 2.24) is 0 Å². The number of esters is 2. The first kappa shape index (κ1) is 46.9. The van der Waals surface area contributed by atoms with E-state index in [9.17, 15) is 19.8 Å². The molecule has 0 aliphatic carbocycles. The average Bonchev–Trinajstić information content (AvgIpc) is 3.02. The zero-order chi connectivity index (χ0) is 35.9. The molecule has 0 radical (unpaired) electrons. The van der Waals surface area contributed by atoms with Gasteiger partial charge in [0.05, 0.1) is 12.2 Å². The van der Waals surface area contributed by atoms with Gasteiger partial charge in [-0.2, -0.15) is 0 Å². The topological polar surface area (TPSA) is 93.1 Å². The summed E-state index contributed by atoms with van der Waals surface area (Å²) in [7, 11) is 0. The van der Waals surface area contributed by atoms with Crippen LogP contribution in [0.25, 0.3) is 0 Å². The molecule has 0 aromatic heterocycles. The fourth-order valence-corrected chi connectivity index (χ4v) is 6.24. The number of unbranched alkanes of at least 4 members (excludes halogenated alkanes) is 20. The molecule has 0 amide bonds. The van der Waals surface area contributed by atoms with Crippen LogP contribution in [0.1, 0.15) is 234 Å². The fourth-order valence-electron chi connectivity index (χ4n) is 6.24. The summed E-state index contributed by atoms with van der Waals surface area (Å²) in [6.45, 7) is 11.8. The molecule has 6 nitrogen and oxygen atoms in total. The van der Waals surface area contributed by atoms with E-state index in [1.807, 2.05) is 27.7 Å². The van der Waals surface area contributed by atoms with Crippen LogP contribution in [0.5, 0.6) is 0 Å². The third kappa shape index (κ3) is 27.7. The van der Waals surface area contributed by atoms with Crippen LogP contribution in [0.3, 0.4) is 0 Å². The first-order chi connectivity index (χ1) is 22.9. The molecule has 0 fully saturated rings. The molecule has 2 unspecified atom stereocenters. The van der Waals surface area contributed by atoms with Crippen LogP contribution in [0.2, 0.25) is 0 Å². The Bertz CT molecular complexity index is 686. The van der Waals surface area contributed by atoms with Gasteiger partial charge >= 0.3 is 11.9 Å². The van der Waals surface area contributed by atoms with Gasteiger partial charge in [0.25, 0.3) is 0 Å². The number of carbonyl (C=O) groups excluding carboxylic acids is 2. The van der Waals surface area contributed by atoms with Gasteiger partial charge in [-0.05, 0) is 66.2 Å². The van der Waals surface area contributed by atoms with Gasteiger partial charge in [0.1, 0.15) is 11.2 Å². The van der Waals surface area contributed by atoms with Gasteiger partial charge in [-0.1, -0.05) is 155 Å². The highest BCUT2D eigenvalue weighted by atomic mass is 16.6. The van der Waals surface area contributed by atoms with Crippen LogP contribution in [-0.4, -0.2) is 45.6 Å². The molecular weight excluding hydrogens is 600 g/mol. The smallest absolute Gasteiger partial charge is 0.306 e. The molecule has 6 heteroatoms. The maximum absolute atomic E-state index is 12.6. The second-order valence-electron chi connectivity index (χ2n) is 15.7. The number of hydrogen-bond donors (Lipinski definition) is 2. The van der Waals surface area contributed by atoms with Crippen LogP contribution < -0.4 is 0 Å². The van der Waals surface area contributed by atoms with Crippen molar-refractivity contribution < 1.29 is 29.3 Å². The molecular formula is C42H82O6. The highest BCUT2D eigenvalue weighted by molar-refractivity contribution is 5.71. The maximum Gasteiger partial charge on any atom is 0.306 e. The molecule has 0 rings (SSSR count). The van der Waals surface area contributed by atoms with Crippen molar-refractivity contribution in [1.29, 1.82) is 0 Å². The number of rotatable bonds is 35. The normalized spacial score (nSPS) is 13.4. The predicted molar refractivity (Wildman–Crippen MR) is 202 cm³/mol. The summed E-state index contributed by atoms with van der Waals surface area (Å²) in [5.41, 5.74) is -1.82. The van der Waals surface area contributed by atoms with E-state index in [-0.39, 0.29) is 24.1 Å². The van der Waals surface area contributed by atoms with Crippen molar-refractivity contribution in [2.75, 3.05) is 0 Å². The van der Waals surface area contributed by atoms with Gasteiger partial charge in [-0.3, -0.25) is 9.59 Å². The molecule has 48 heavy (non-hydrogen) atoms. The molecule has 0 spiro atoms. The Labute approximate surface area is 298 Å². The van der Waals surface area contributed by atoms with E-state index in [0.717, 1.165) is 89.9 Å². The molecule has 0 heterocycles. The van der Waals surface area contributed by atoms with E-state index in [4.69, 9.17) is 9.47 Å². The number of carbonyl (C=O) groups is 2. The Morgan fingerprint density at radius 2 is 0.646 bits per heavy atom. The Morgan fingerprint density at radius 3 is 0.917 bits per heavy atom. The lowest BCUT2D eigenvalue weighted by Crippen LogP contribution is -2.51. The molecule has 286 valence electrons. The van der Waals surface area contributed by atoms with Crippen molar-refractivity contribution in [3.05, 3.63) is 0 Å². The maximum atomic E-state index is 12.6. The summed E-state index contributed by atoms with van der Waals surface area (Å²) in [5.74, 6) is -0.452. The Morgan fingerprint density at radius 1 is 0.417 bits per heavy atom. The third-order valence-corrected chi connectivity index (χ3v) is 10.3. The average molecular weight is 683 g/mol. The molecule has 0 aliphatic rings. The van der Waals surface area contributed by atoms with Crippen LogP contribution in [0.15, 0.2) is 0 Å². The van der Waals surface area contributed by atoms with Crippen LogP contribution >= 0.6 is 0 Å². The second-order valence-corrected chi connectivity index (χ2v) is 15.7. The van der Waals surface area contributed by atoms with Crippen molar-refractivity contribution in [2.24, 2.45) is 0 Å². The first-order valence-electron chi connectivity index (χ1n) is 20.7. The van der Waals surface area contributed by atoms with E-state index in [1.165, 1.54) is 89.9 Å². The number of aliphatic hydroxyl groups is 2. The van der Waals surface area contributed by atoms with Gasteiger partial charge in [0, 0.05) is 12.8 Å². The molecule has 0 aliphatic heterocycles. The molecule has 0 saturated heterocycles. The Hall–Kier alpha value is -1.14. The quantitative estimate of drug-likeness (QED) is 0.0510. The monoisotopic (exact) mass is 683 g/mol. The standard InChI is InChI=1S/C42H82O6/c1-7-9-11-25-31-37(43)33-27-21-17-13-15-19-23-29-35-39(45)47-41(3,4)42(5,6)48-40(46)36-30-24-20-16-14-18-22-28-34-38(44)32-26-12-10-8-2/h37-38,43-44H,7-36H2,1-6H3. The summed E-state index contributed by atoms with van der Waals surface area (Å²) in [5, 5.41) is 20.2. The highest BCUT2D eigenvalue weighted by Crippen LogP contribution is 2.30. The largest absolute Gasteiger partial charge is 0.455 e. The zero-order valence-corrected chi connectivity index (χ0v) is 32.9. The molecule has 0 aromatic rings. The molecule has 0 bridgehead atoms. The van der Waals surface area contributed by atoms with Gasteiger partial charge in [0.2, 0.25) is 0 Å². The van der Waals surface area contributed by atoms with E-state index in [1.54, 1.807) is 0 Å². The zero-order valence-electron chi connectivity index (χ0n) is 32.9. The van der Waals surface area contributed by atoms with Gasteiger partial charge < -0.3 is 19.7 Å². The minimum absolute atomic E-state index is 0.118. The van der Waals surface area contributed by atoms with E-state index < -0.39 is 11.2 Å². The van der Waals surface area contributed by atoms with Crippen LogP contribution in [0, 0.1) is 0 Å². The van der Waals surface area contributed by atoms with Crippen molar-refractivity contribution in [2.45, 2.75) is 258 Å². The summed E-state index contributed by atoms with van der Waals surface area (Å²) in [6.07, 6.45) is 32.0. The number of aliphatic hydroxyl groups excluding tert-OH is 2. The van der Waals surface area contributed by atoms with Crippen molar-refractivity contribution >= 4 is 11.9 Å². The second kappa shape index (κ2) is 30.7. The number of ether oxygens (including phenoxy) is 2. The molecule has 0 saturated carbocycles. The minimum Gasteiger partial charge on any atom is -0.455 e. The Kier molecular flexibility index (Phi) is 29.9. The molecule has 2 N–H and O–H groups in total. The SMILES string of the molecule is CCCCCCC(O)CCCCCCCCCCC(=O)OC(C)(C)C(C)(C)OC(=O)CCCCCCCCCCC(O)CCCCCC. The summed E-state index contributed by atoms with van der Waals surface area (Å²) in [6, 6.07) is 0. The van der Waals surface area contributed by atoms with Crippen molar-refractivity contribution in [3.8, 4) is 0 Å². The Balaban J connectivity index is 3.85. The lowest BCUT2D eigenvalue weighted by atomic mass is 9.89. The number of hydrogen-bond acceptors (Lipinski definition) is 6. The first-order valence-corrected chi connectivity index (χ1v) is 20.7. The van der Waals surface area contributed by atoms with Gasteiger partial charge in [0.15, 0.2) is 0 Å². The van der Waals surface area contributed by atoms with Crippen molar-refractivity contribution in [3.63, 3.8) is 0 Å². The fraction of sp³-hybridized carbons (Fsp3) is 0.952. The van der Waals surface area contributed by atoms with E-state index >= 15 is 0 Å². The summed E-state index contributed by atoms with van der Waals surface area (Å²) < 4.78 is 11.6. The molecule has 2 atom stereocenters. The lowest BCUT2D eigenvalue weighted by molar-refractivity contribution is -0.199. The van der Waals surface area contributed by atoms with Crippen LogP contribution in [0.4, 0.5) is 0 Å². The lowest BCUT2D eigenvalue weighted by Gasteiger charge is -2.40. The van der Waals surface area contributed by atoms with Gasteiger partial charge in [-0.25, -0.2) is 0 Å². The summed E-state index contributed by atoms with van der Waals surface area (Å²) >= 11 is 0. The third-order valence-electron chi connectivity index (χ3n) is 10.3. The highest BCUT2D eigenvalue weighted by Gasteiger charge is 2.43. The van der Waals surface area contributed by atoms with Gasteiger partial charge in [-0.15, -0.1) is 0 Å². The van der Waals surface area contributed by atoms with E-state index in [0.29, 0.717) is 12.8 Å². The molecule has 0 aromatic carbocycles. The van der Waals surface area contributed by atoms with Crippen LogP contribution in [-0.2, 0) is 19.1 Å². The van der Waals surface area contributed by atoms with E-state index in [2.05, 4.69) is 13.8 Å². The summed E-state index contributed by atoms with van der Waals surface area (Å²) in [4.78, 5) is 25.2.